The summed E-state index contributed by atoms with van der Waals surface area (Å²) in [4.78, 5) is 0. The second kappa shape index (κ2) is 4.34. The van der Waals surface area contributed by atoms with Crippen molar-refractivity contribution in [1.82, 2.24) is 0 Å². The van der Waals surface area contributed by atoms with Crippen LogP contribution in [0.4, 0.5) is 5.69 Å². The molecule has 1 aromatic carbocycles. The van der Waals surface area contributed by atoms with E-state index in [-0.39, 0.29) is 0 Å². The fourth-order valence-electron chi connectivity index (χ4n) is 2.12. The molecule has 0 unspecified atom stereocenters. The summed E-state index contributed by atoms with van der Waals surface area (Å²) in [6.07, 6.45) is 2.41. The quantitative estimate of drug-likeness (QED) is 0.844. The van der Waals surface area contributed by atoms with E-state index in [1.165, 1.54) is 24.1 Å². The highest BCUT2D eigenvalue weighted by Crippen LogP contribution is 2.27. The van der Waals surface area contributed by atoms with E-state index in [2.05, 4.69) is 23.5 Å². The van der Waals surface area contributed by atoms with Crippen LogP contribution in [0, 0.1) is 5.92 Å². The summed E-state index contributed by atoms with van der Waals surface area (Å²) in [5.41, 5.74) is 2.65. The molecule has 1 saturated heterocycles. The molecule has 0 spiro atoms. The average Bonchev–Trinajstić information content (AvgIpc) is 2.27. The van der Waals surface area contributed by atoms with Crippen LogP contribution < -0.4 is 10.1 Å². The van der Waals surface area contributed by atoms with Gasteiger partial charge in [-0.05, 0) is 24.5 Å². The van der Waals surface area contributed by atoms with Gasteiger partial charge in [0.15, 0.2) is 0 Å². The molecule has 2 aliphatic rings. The van der Waals surface area contributed by atoms with Crippen LogP contribution in [0.3, 0.4) is 0 Å². The molecule has 0 aliphatic carbocycles. The number of benzene rings is 1. The number of anilines is 1. The lowest BCUT2D eigenvalue weighted by atomic mass is 10.0. The molecule has 0 atom stereocenters. The molecule has 1 N–H and O–H groups in total. The molecule has 16 heavy (non-hydrogen) atoms. The molecule has 0 aromatic heterocycles. The Balaban J connectivity index is 1.65. The normalized spacial score (nSPS) is 19.5. The Morgan fingerprint density at radius 2 is 2.31 bits per heavy atom. The van der Waals surface area contributed by atoms with Crippen LogP contribution >= 0.6 is 0 Å². The molecule has 3 heteroatoms. The number of rotatable bonds is 3. The number of nitrogens with one attached hydrogen (secondary N) is 1. The van der Waals surface area contributed by atoms with E-state index in [1.807, 2.05) is 0 Å². The Bertz CT molecular complexity index is 374. The zero-order valence-corrected chi connectivity index (χ0v) is 9.37. The standard InChI is InChI=1S/C13H17NO2/c1-2-11-3-4-12(6-13(11)14-5-1)16-9-10-7-15-8-10/h3-4,6,10,14H,1-2,5,7-9H2. The van der Waals surface area contributed by atoms with Gasteiger partial charge < -0.3 is 14.8 Å². The Morgan fingerprint density at radius 1 is 1.38 bits per heavy atom. The van der Waals surface area contributed by atoms with Gasteiger partial charge in [-0.25, -0.2) is 0 Å². The number of fused-ring (bicyclic) bond motifs is 1. The molecule has 86 valence electrons. The largest absolute Gasteiger partial charge is 0.493 e. The first-order chi connectivity index (χ1) is 7.92. The van der Waals surface area contributed by atoms with E-state index in [0.717, 1.165) is 32.1 Å². The minimum atomic E-state index is 0.587. The van der Waals surface area contributed by atoms with Gasteiger partial charge in [0.2, 0.25) is 0 Å². The van der Waals surface area contributed by atoms with Crippen LogP contribution in [0.15, 0.2) is 18.2 Å². The molecule has 0 radical (unpaired) electrons. The Kier molecular flexibility index (Phi) is 2.70. The van der Waals surface area contributed by atoms with Gasteiger partial charge in [0.1, 0.15) is 5.75 Å². The van der Waals surface area contributed by atoms with Gasteiger partial charge in [-0.15, -0.1) is 0 Å². The molecule has 2 aliphatic heterocycles. The van der Waals surface area contributed by atoms with E-state index >= 15 is 0 Å². The van der Waals surface area contributed by atoms with E-state index in [4.69, 9.17) is 9.47 Å². The van der Waals surface area contributed by atoms with E-state index in [1.54, 1.807) is 0 Å². The minimum Gasteiger partial charge on any atom is -0.493 e. The Labute approximate surface area is 95.8 Å². The van der Waals surface area contributed by atoms with Gasteiger partial charge in [0.25, 0.3) is 0 Å². The first-order valence-corrected chi connectivity index (χ1v) is 5.99. The van der Waals surface area contributed by atoms with Crippen LogP contribution in [0.5, 0.6) is 5.75 Å². The first kappa shape index (κ1) is 9.97. The maximum atomic E-state index is 5.76. The second-order valence-electron chi connectivity index (χ2n) is 4.56. The maximum Gasteiger partial charge on any atom is 0.121 e. The smallest absolute Gasteiger partial charge is 0.121 e. The fraction of sp³-hybridized carbons (Fsp3) is 0.538. The van der Waals surface area contributed by atoms with Crippen molar-refractivity contribution in [3.05, 3.63) is 23.8 Å². The SMILES string of the molecule is c1cc2c(cc1OCC1COC1)NCCC2. The van der Waals surface area contributed by atoms with Gasteiger partial charge in [-0.2, -0.15) is 0 Å². The predicted molar refractivity (Wildman–Crippen MR) is 63.1 cm³/mol. The zero-order chi connectivity index (χ0) is 10.8. The van der Waals surface area contributed by atoms with Crippen LogP contribution in [-0.2, 0) is 11.2 Å². The van der Waals surface area contributed by atoms with Crippen LogP contribution in [-0.4, -0.2) is 26.4 Å². The molecular weight excluding hydrogens is 202 g/mol. The van der Waals surface area contributed by atoms with E-state index in [9.17, 15) is 0 Å². The predicted octanol–water partition coefficient (Wildman–Crippen LogP) is 2.07. The van der Waals surface area contributed by atoms with Crippen LogP contribution in [0.25, 0.3) is 0 Å². The highest BCUT2D eigenvalue weighted by atomic mass is 16.5. The van der Waals surface area contributed by atoms with Crippen molar-refractivity contribution >= 4 is 5.69 Å². The minimum absolute atomic E-state index is 0.587. The molecule has 3 nitrogen and oxygen atoms in total. The summed E-state index contributed by atoms with van der Waals surface area (Å²) in [6.45, 7) is 3.55. The van der Waals surface area contributed by atoms with Crippen molar-refractivity contribution in [2.75, 3.05) is 31.7 Å². The van der Waals surface area contributed by atoms with Crippen molar-refractivity contribution < 1.29 is 9.47 Å². The third-order valence-electron chi connectivity index (χ3n) is 3.21. The molecule has 2 heterocycles. The maximum absolute atomic E-state index is 5.76. The highest BCUT2D eigenvalue weighted by molar-refractivity contribution is 5.56. The highest BCUT2D eigenvalue weighted by Gasteiger charge is 2.19. The fourth-order valence-corrected chi connectivity index (χ4v) is 2.12. The zero-order valence-electron chi connectivity index (χ0n) is 9.37. The molecular formula is C13H17NO2. The first-order valence-electron chi connectivity index (χ1n) is 5.99. The Morgan fingerprint density at radius 3 is 3.12 bits per heavy atom. The lowest BCUT2D eigenvalue weighted by molar-refractivity contribution is -0.0508. The van der Waals surface area contributed by atoms with Gasteiger partial charge in [0, 0.05) is 24.2 Å². The van der Waals surface area contributed by atoms with Crippen molar-refractivity contribution in [3.8, 4) is 5.75 Å². The number of hydrogen-bond donors (Lipinski definition) is 1. The third-order valence-corrected chi connectivity index (χ3v) is 3.21. The Hall–Kier alpha value is -1.22. The lowest BCUT2D eigenvalue weighted by Crippen LogP contribution is -2.32. The number of aryl methyl sites for hydroxylation is 1. The van der Waals surface area contributed by atoms with E-state index < -0.39 is 0 Å². The van der Waals surface area contributed by atoms with Gasteiger partial charge in [-0.1, -0.05) is 6.07 Å². The summed E-state index contributed by atoms with van der Waals surface area (Å²) >= 11 is 0. The van der Waals surface area contributed by atoms with Crippen molar-refractivity contribution in [1.29, 1.82) is 0 Å². The summed E-state index contributed by atoms with van der Waals surface area (Å²) in [6, 6.07) is 6.37. The second-order valence-corrected chi connectivity index (χ2v) is 4.56. The average molecular weight is 219 g/mol. The topological polar surface area (TPSA) is 30.5 Å². The summed E-state index contributed by atoms with van der Waals surface area (Å²) in [7, 11) is 0. The summed E-state index contributed by atoms with van der Waals surface area (Å²) in [5.74, 6) is 1.56. The van der Waals surface area contributed by atoms with Gasteiger partial charge >= 0.3 is 0 Å². The van der Waals surface area contributed by atoms with Crippen molar-refractivity contribution in [2.45, 2.75) is 12.8 Å². The molecule has 0 saturated carbocycles. The van der Waals surface area contributed by atoms with Crippen LogP contribution in [0.2, 0.25) is 0 Å². The number of ether oxygens (including phenoxy) is 2. The third kappa shape index (κ3) is 2.00. The molecule has 1 fully saturated rings. The van der Waals surface area contributed by atoms with Gasteiger partial charge in [0.05, 0.1) is 19.8 Å². The summed E-state index contributed by atoms with van der Waals surface area (Å²) < 4.78 is 10.9. The van der Waals surface area contributed by atoms with Gasteiger partial charge in [-0.3, -0.25) is 0 Å². The molecule has 3 rings (SSSR count). The lowest BCUT2D eigenvalue weighted by Gasteiger charge is -2.26. The monoisotopic (exact) mass is 219 g/mol. The summed E-state index contributed by atoms with van der Waals surface area (Å²) in [5, 5.41) is 3.41. The van der Waals surface area contributed by atoms with Crippen molar-refractivity contribution in [2.24, 2.45) is 5.92 Å². The van der Waals surface area contributed by atoms with E-state index in [0.29, 0.717) is 5.92 Å². The molecule has 0 amide bonds. The van der Waals surface area contributed by atoms with Crippen LogP contribution in [0.1, 0.15) is 12.0 Å². The molecule has 1 aromatic rings. The molecule has 0 bridgehead atoms. The number of hydrogen-bond acceptors (Lipinski definition) is 3. The van der Waals surface area contributed by atoms with Crippen molar-refractivity contribution in [3.63, 3.8) is 0 Å².